The van der Waals surface area contributed by atoms with Crippen molar-refractivity contribution in [1.82, 2.24) is 18.7 Å². The van der Waals surface area contributed by atoms with Gasteiger partial charge in [-0.1, -0.05) is 0 Å². The average molecular weight is 371 g/mol. The molecule has 2 aromatic rings. The Balaban J connectivity index is 1.90. The normalized spacial score (nSPS) is 19.7. The molecule has 1 fully saturated rings. The minimum Gasteiger partial charge on any atom is -0.279 e. The number of sulfonamides is 1. The minimum absolute atomic E-state index is 0.0524. The Labute approximate surface area is 145 Å². The number of aromatic nitrogens is 3. The largest absolute Gasteiger partial charge is 0.345 e. The molecule has 0 unspecified atom stereocenters. The third kappa shape index (κ3) is 2.96. The van der Waals surface area contributed by atoms with Crippen molar-refractivity contribution in [3.05, 3.63) is 33.3 Å². The fraction of sp³-hybridized carbons (Fsp3) is 0.600. The summed E-state index contributed by atoms with van der Waals surface area (Å²) in [5, 5.41) is 6.20. The Bertz CT molecular complexity index is 894. The summed E-state index contributed by atoms with van der Waals surface area (Å²) in [4.78, 5) is 12.1. The Morgan fingerprint density at radius 1 is 1.42 bits per heavy atom. The zero-order valence-corrected chi connectivity index (χ0v) is 15.7. The lowest BCUT2D eigenvalue weighted by molar-refractivity contribution is 0.304. The van der Waals surface area contributed by atoms with E-state index in [0.717, 1.165) is 18.4 Å². The molecule has 7 nitrogen and oxygen atoms in total. The second-order valence-corrected chi connectivity index (χ2v) is 9.23. The van der Waals surface area contributed by atoms with Gasteiger partial charge in [-0.3, -0.25) is 4.57 Å². The van der Waals surface area contributed by atoms with Crippen LogP contribution in [0.15, 0.2) is 20.5 Å². The molecule has 1 aliphatic heterocycles. The summed E-state index contributed by atoms with van der Waals surface area (Å²) in [7, 11) is -1.85. The van der Waals surface area contributed by atoms with E-state index in [1.165, 1.54) is 20.3 Å². The first-order valence-corrected chi connectivity index (χ1v) is 10.4. The highest BCUT2D eigenvalue weighted by Gasteiger charge is 2.34. The monoisotopic (exact) mass is 370 g/mol. The second kappa shape index (κ2) is 6.45. The molecule has 0 spiro atoms. The van der Waals surface area contributed by atoms with E-state index in [1.54, 1.807) is 17.7 Å². The van der Waals surface area contributed by atoms with E-state index in [1.807, 2.05) is 19.2 Å². The minimum atomic E-state index is -3.48. The van der Waals surface area contributed by atoms with Crippen LogP contribution in [0.25, 0.3) is 0 Å². The first-order chi connectivity index (χ1) is 11.3. The van der Waals surface area contributed by atoms with E-state index in [2.05, 4.69) is 5.10 Å². The SMILES string of the molecule is CCn1c([C@H]2CCCN(S(=O)(=O)c3cc(C)cs3)C2)nn(C)c1=O. The molecule has 1 saturated heterocycles. The van der Waals surface area contributed by atoms with Gasteiger partial charge in [0.1, 0.15) is 10.0 Å². The van der Waals surface area contributed by atoms with Gasteiger partial charge < -0.3 is 0 Å². The lowest BCUT2D eigenvalue weighted by atomic mass is 9.99. The van der Waals surface area contributed by atoms with Gasteiger partial charge in [0.05, 0.1) is 0 Å². The quantitative estimate of drug-likeness (QED) is 0.818. The molecule has 1 aliphatic rings. The van der Waals surface area contributed by atoms with Gasteiger partial charge in [-0.15, -0.1) is 11.3 Å². The van der Waals surface area contributed by atoms with Crippen LogP contribution < -0.4 is 5.69 Å². The lowest BCUT2D eigenvalue weighted by Gasteiger charge is -2.31. The molecule has 0 amide bonds. The first-order valence-electron chi connectivity index (χ1n) is 8.03. The number of aryl methyl sites for hydroxylation is 2. The lowest BCUT2D eigenvalue weighted by Crippen LogP contribution is -2.39. The summed E-state index contributed by atoms with van der Waals surface area (Å²) < 4.78 is 30.6. The van der Waals surface area contributed by atoms with Gasteiger partial charge in [-0.25, -0.2) is 17.9 Å². The third-order valence-electron chi connectivity index (χ3n) is 4.40. The maximum Gasteiger partial charge on any atom is 0.345 e. The Morgan fingerprint density at radius 2 is 2.17 bits per heavy atom. The van der Waals surface area contributed by atoms with Crippen LogP contribution in [0.1, 0.15) is 37.1 Å². The predicted octanol–water partition coefficient (Wildman–Crippen LogP) is 1.54. The van der Waals surface area contributed by atoms with Crippen LogP contribution in [-0.2, 0) is 23.6 Å². The highest BCUT2D eigenvalue weighted by Crippen LogP contribution is 2.31. The van der Waals surface area contributed by atoms with Gasteiger partial charge in [0.15, 0.2) is 0 Å². The molecule has 9 heteroatoms. The number of thiophene rings is 1. The van der Waals surface area contributed by atoms with Crippen LogP contribution in [0.2, 0.25) is 0 Å². The fourth-order valence-electron chi connectivity index (χ4n) is 3.16. The van der Waals surface area contributed by atoms with Gasteiger partial charge in [-0.05, 0) is 43.7 Å². The molecular weight excluding hydrogens is 348 g/mol. The summed E-state index contributed by atoms with van der Waals surface area (Å²) in [6, 6.07) is 1.71. The van der Waals surface area contributed by atoms with E-state index < -0.39 is 10.0 Å². The summed E-state index contributed by atoms with van der Waals surface area (Å²) in [5.74, 6) is 0.635. The average Bonchev–Trinajstić information content (AvgIpc) is 3.12. The van der Waals surface area contributed by atoms with Crippen molar-refractivity contribution in [1.29, 1.82) is 0 Å². The van der Waals surface area contributed by atoms with E-state index in [4.69, 9.17) is 0 Å². The van der Waals surface area contributed by atoms with E-state index >= 15 is 0 Å². The van der Waals surface area contributed by atoms with Crippen molar-refractivity contribution >= 4 is 21.4 Å². The molecule has 0 aliphatic carbocycles. The van der Waals surface area contributed by atoms with E-state index in [9.17, 15) is 13.2 Å². The summed E-state index contributed by atoms with van der Waals surface area (Å²) >= 11 is 1.26. The maximum atomic E-state index is 12.8. The standard InChI is InChI=1S/C15H22N4O3S2/c1-4-19-14(16-17(3)15(19)20)12-6-5-7-18(9-12)24(21,22)13-8-11(2)10-23-13/h8,10,12H,4-7,9H2,1-3H3/t12-/m0/s1. The smallest absolute Gasteiger partial charge is 0.279 e. The predicted molar refractivity (Wildman–Crippen MR) is 92.9 cm³/mol. The molecular formula is C15H22N4O3S2. The van der Waals surface area contributed by atoms with Crippen LogP contribution in [0.5, 0.6) is 0 Å². The molecule has 0 aromatic carbocycles. The van der Waals surface area contributed by atoms with Crippen LogP contribution in [0.3, 0.4) is 0 Å². The van der Waals surface area contributed by atoms with Crippen molar-refractivity contribution in [2.24, 2.45) is 7.05 Å². The number of piperidine rings is 1. The number of hydrogen-bond donors (Lipinski definition) is 0. The fourth-order valence-corrected chi connectivity index (χ4v) is 6.07. The van der Waals surface area contributed by atoms with Crippen LogP contribution in [0, 0.1) is 6.92 Å². The van der Waals surface area contributed by atoms with Gasteiger partial charge in [-0.2, -0.15) is 9.40 Å². The van der Waals surface area contributed by atoms with Gasteiger partial charge in [0.2, 0.25) is 0 Å². The summed E-state index contributed by atoms with van der Waals surface area (Å²) in [6.45, 7) is 5.21. The maximum absolute atomic E-state index is 12.8. The number of nitrogens with zero attached hydrogens (tertiary/aromatic N) is 4. The highest BCUT2D eigenvalue weighted by atomic mass is 32.2. The van der Waals surface area contributed by atoms with Crippen LogP contribution in [-0.4, -0.2) is 40.2 Å². The van der Waals surface area contributed by atoms with Gasteiger partial charge >= 0.3 is 5.69 Å². The molecule has 0 N–H and O–H groups in total. The second-order valence-electron chi connectivity index (χ2n) is 6.15. The van der Waals surface area contributed by atoms with Crippen molar-refractivity contribution in [3.63, 3.8) is 0 Å². The first kappa shape index (κ1) is 17.4. The van der Waals surface area contributed by atoms with Crippen molar-refractivity contribution in [3.8, 4) is 0 Å². The van der Waals surface area contributed by atoms with Gasteiger partial charge in [0.25, 0.3) is 10.0 Å². The molecule has 3 rings (SSSR count). The molecule has 2 aromatic heterocycles. The Kier molecular flexibility index (Phi) is 4.67. The number of rotatable bonds is 4. The van der Waals surface area contributed by atoms with Crippen molar-refractivity contribution in [2.45, 2.75) is 43.4 Å². The summed E-state index contributed by atoms with van der Waals surface area (Å²) in [6.07, 6.45) is 1.61. The van der Waals surface area contributed by atoms with Crippen LogP contribution >= 0.6 is 11.3 Å². The molecule has 0 bridgehead atoms. The topological polar surface area (TPSA) is 77.2 Å². The van der Waals surface area contributed by atoms with Crippen molar-refractivity contribution < 1.29 is 8.42 Å². The van der Waals surface area contributed by atoms with E-state index in [-0.39, 0.29) is 11.6 Å². The zero-order valence-electron chi connectivity index (χ0n) is 14.1. The molecule has 24 heavy (non-hydrogen) atoms. The third-order valence-corrected chi connectivity index (χ3v) is 7.80. The summed E-state index contributed by atoms with van der Waals surface area (Å²) in [5.41, 5.74) is 0.804. The van der Waals surface area contributed by atoms with E-state index in [0.29, 0.717) is 29.7 Å². The van der Waals surface area contributed by atoms with Crippen LogP contribution in [0.4, 0.5) is 0 Å². The molecule has 0 radical (unpaired) electrons. The number of hydrogen-bond acceptors (Lipinski definition) is 5. The molecule has 132 valence electrons. The highest BCUT2D eigenvalue weighted by molar-refractivity contribution is 7.91. The van der Waals surface area contributed by atoms with Gasteiger partial charge in [0, 0.05) is 32.6 Å². The Hall–Kier alpha value is -1.45. The molecule has 3 heterocycles. The van der Waals surface area contributed by atoms with Crippen molar-refractivity contribution in [2.75, 3.05) is 13.1 Å². The molecule has 1 atom stereocenters. The molecule has 0 saturated carbocycles. The Morgan fingerprint density at radius 3 is 2.79 bits per heavy atom. The zero-order chi connectivity index (χ0) is 17.5.